The molecule has 0 heterocycles. The van der Waals surface area contributed by atoms with Crippen LogP contribution in [-0.2, 0) is 6.54 Å². The largest absolute Gasteiger partial charge is 0.491 e. The predicted molar refractivity (Wildman–Crippen MR) is 89.9 cm³/mol. The molecule has 0 fully saturated rings. The highest BCUT2D eigenvalue weighted by atomic mass is 19.1. The van der Waals surface area contributed by atoms with E-state index >= 15 is 0 Å². The van der Waals surface area contributed by atoms with Crippen LogP contribution in [0.1, 0.15) is 19.4 Å². The van der Waals surface area contributed by atoms with E-state index in [1.54, 1.807) is 12.1 Å². The van der Waals surface area contributed by atoms with Crippen molar-refractivity contribution in [1.29, 1.82) is 0 Å². The molecule has 124 valence electrons. The van der Waals surface area contributed by atoms with Crippen LogP contribution < -0.4 is 4.74 Å². The molecule has 0 aliphatic rings. The van der Waals surface area contributed by atoms with Gasteiger partial charge in [-0.2, -0.15) is 0 Å². The second-order valence-corrected chi connectivity index (χ2v) is 5.93. The van der Waals surface area contributed by atoms with Crippen molar-refractivity contribution in [3.63, 3.8) is 0 Å². The molecule has 1 N–H and O–H groups in total. The summed E-state index contributed by atoms with van der Waals surface area (Å²) >= 11 is 0. The normalized spacial score (nSPS) is 12.6. The van der Waals surface area contributed by atoms with Crippen LogP contribution in [0.2, 0.25) is 0 Å². The molecule has 2 aromatic carbocycles. The maximum absolute atomic E-state index is 13.0. The Bertz CT molecular complexity index is 572. The summed E-state index contributed by atoms with van der Waals surface area (Å²) < 4.78 is 18.6. The minimum absolute atomic E-state index is 0.235. The van der Waals surface area contributed by atoms with Gasteiger partial charge in [0.25, 0.3) is 0 Å². The van der Waals surface area contributed by atoms with Gasteiger partial charge in [-0.15, -0.1) is 0 Å². The molecular formula is C19H24FNO2. The van der Waals surface area contributed by atoms with E-state index in [4.69, 9.17) is 4.74 Å². The number of aliphatic hydroxyl groups is 1. The Balaban J connectivity index is 1.86. The molecule has 2 rings (SSSR count). The van der Waals surface area contributed by atoms with Gasteiger partial charge in [-0.1, -0.05) is 30.3 Å². The lowest BCUT2D eigenvalue weighted by atomic mass is 10.1. The Morgan fingerprint density at radius 2 is 1.70 bits per heavy atom. The van der Waals surface area contributed by atoms with Gasteiger partial charge >= 0.3 is 0 Å². The van der Waals surface area contributed by atoms with Crippen molar-refractivity contribution in [3.05, 3.63) is 66.0 Å². The van der Waals surface area contributed by atoms with Crippen molar-refractivity contribution in [2.24, 2.45) is 0 Å². The lowest BCUT2D eigenvalue weighted by molar-refractivity contribution is 0.0543. The van der Waals surface area contributed by atoms with Gasteiger partial charge in [-0.25, -0.2) is 4.39 Å². The zero-order valence-corrected chi connectivity index (χ0v) is 13.7. The number of nitrogens with zero attached hydrogens (tertiary/aromatic N) is 1. The average molecular weight is 317 g/mol. The molecule has 0 aromatic heterocycles. The van der Waals surface area contributed by atoms with Gasteiger partial charge in [0, 0.05) is 19.1 Å². The summed E-state index contributed by atoms with van der Waals surface area (Å²) in [4.78, 5) is 2.15. The molecule has 0 saturated carbocycles. The number of aliphatic hydroxyl groups excluding tert-OH is 1. The number of benzene rings is 2. The molecule has 0 aliphatic heterocycles. The Morgan fingerprint density at radius 3 is 2.30 bits per heavy atom. The second kappa shape index (κ2) is 8.65. The van der Waals surface area contributed by atoms with Crippen LogP contribution in [0.15, 0.2) is 54.6 Å². The highest BCUT2D eigenvalue weighted by Gasteiger charge is 2.16. The molecule has 0 amide bonds. The van der Waals surface area contributed by atoms with Gasteiger partial charge in [0.05, 0.1) is 0 Å². The van der Waals surface area contributed by atoms with E-state index in [0.29, 0.717) is 13.1 Å². The van der Waals surface area contributed by atoms with Crippen molar-refractivity contribution in [1.82, 2.24) is 4.90 Å². The van der Waals surface area contributed by atoms with Crippen LogP contribution in [0, 0.1) is 5.82 Å². The van der Waals surface area contributed by atoms with Crippen molar-refractivity contribution < 1.29 is 14.2 Å². The third kappa shape index (κ3) is 6.00. The predicted octanol–water partition coefficient (Wildman–Crippen LogP) is 3.48. The standard InChI is InChI=1S/C19H24FNO2/c1-15(2)21(12-16-8-10-17(20)11-9-16)13-18(22)14-23-19-6-4-3-5-7-19/h3-11,15,18,22H,12-14H2,1-2H3/t18-/m1/s1. The second-order valence-electron chi connectivity index (χ2n) is 5.93. The van der Waals surface area contributed by atoms with E-state index in [1.807, 2.05) is 30.3 Å². The van der Waals surface area contributed by atoms with E-state index in [2.05, 4.69) is 18.7 Å². The number of ether oxygens (including phenoxy) is 1. The topological polar surface area (TPSA) is 32.7 Å². The summed E-state index contributed by atoms with van der Waals surface area (Å²) in [6.07, 6.45) is -0.585. The Labute approximate surface area is 137 Å². The zero-order valence-electron chi connectivity index (χ0n) is 13.7. The van der Waals surface area contributed by atoms with Crippen LogP contribution >= 0.6 is 0 Å². The molecule has 4 heteroatoms. The van der Waals surface area contributed by atoms with Crippen LogP contribution in [0.3, 0.4) is 0 Å². The van der Waals surface area contributed by atoms with E-state index in [-0.39, 0.29) is 18.5 Å². The summed E-state index contributed by atoms with van der Waals surface area (Å²) in [7, 11) is 0. The quantitative estimate of drug-likeness (QED) is 0.809. The van der Waals surface area contributed by atoms with Crippen LogP contribution in [0.4, 0.5) is 4.39 Å². The molecule has 0 bridgehead atoms. The highest BCUT2D eigenvalue weighted by molar-refractivity contribution is 5.21. The van der Waals surface area contributed by atoms with Crippen molar-refractivity contribution in [2.75, 3.05) is 13.2 Å². The van der Waals surface area contributed by atoms with E-state index in [1.165, 1.54) is 12.1 Å². The highest BCUT2D eigenvalue weighted by Crippen LogP contribution is 2.12. The third-order valence-corrected chi connectivity index (χ3v) is 3.66. The first-order chi connectivity index (χ1) is 11.0. The Kier molecular flexibility index (Phi) is 6.56. The van der Waals surface area contributed by atoms with Crippen LogP contribution in [-0.4, -0.2) is 35.3 Å². The van der Waals surface area contributed by atoms with Gasteiger partial charge in [0.1, 0.15) is 24.3 Å². The molecule has 3 nitrogen and oxygen atoms in total. The molecule has 0 spiro atoms. The van der Waals surface area contributed by atoms with Gasteiger partial charge in [-0.05, 0) is 43.7 Å². The fourth-order valence-electron chi connectivity index (χ4n) is 2.31. The maximum Gasteiger partial charge on any atom is 0.123 e. The van der Waals surface area contributed by atoms with Crippen molar-refractivity contribution >= 4 is 0 Å². The minimum Gasteiger partial charge on any atom is -0.491 e. The van der Waals surface area contributed by atoms with Gasteiger partial charge < -0.3 is 9.84 Å². The fraction of sp³-hybridized carbons (Fsp3) is 0.368. The maximum atomic E-state index is 13.0. The molecule has 1 atom stereocenters. The monoisotopic (exact) mass is 317 g/mol. The molecule has 0 aliphatic carbocycles. The van der Waals surface area contributed by atoms with Crippen molar-refractivity contribution in [3.8, 4) is 5.75 Å². The lowest BCUT2D eigenvalue weighted by Crippen LogP contribution is -2.39. The first kappa shape index (κ1) is 17.4. The Morgan fingerprint density at radius 1 is 1.04 bits per heavy atom. The van der Waals surface area contributed by atoms with Crippen molar-refractivity contribution in [2.45, 2.75) is 32.5 Å². The first-order valence-corrected chi connectivity index (χ1v) is 7.89. The molecule has 23 heavy (non-hydrogen) atoms. The van der Waals surface area contributed by atoms with Gasteiger partial charge in [0.15, 0.2) is 0 Å². The first-order valence-electron chi connectivity index (χ1n) is 7.89. The van der Waals surface area contributed by atoms with Crippen LogP contribution in [0.5, 0.6) is 5.75 Å². The number of hydrogen-bond acceptors (Lipinski definition) is 3. The molecule has 2 aromatic rings. The molecule has 0 radical (unpaired) electrons. The minimum atomic E-state index is -0.585. The summed E-state index contributed by atoms with van der Waals surface area (Å²) in [5.74, 6) is 0.516. The van der Waals surface area contributed by atoms with Gasteiger partial charge in [-0.3, -0.25) is 4.90 Å². The molecular weight excluding hydrogens is 293 g/mol. The molecule has 0 saturated heterocycles. The number of para-hydroxylation sites is 1. The number of hydrogen-bond donors (Lipinski definition) is 1. The fourth-order valence-corrected chi connectivity index (χ4v) is 2.31. The van der Waals surface area contributed by atoms with Gasteiger partial charge in [0.2, 0.25) is 0 Å². The lowest BCUT2D eigenvalue weighted by Gasteiger charge is -2.28. The summed E-state index contributed by atoms with van der Waals surface area (Å²) in [6, 6.07) is 16.2. The smallest absolute Gasteiger partial charge is 0.123 e. The van der Waals surface area contributed by atoms with E-state index in [9.17, 15) is 9.50 Å². The third-order valence-electron chi connectivity index (χ3n) is 3.66. The number of rotatable bonds is 8. The zero-order chi connectivity index (χ0) is 16.7. The van der Waals surface area contributed by atoms with E-state index < -0.39 is 6.10 Å². The summed E-state index contributed by atoms with van der Waals surface area (Å²) in [6.45, 7) is 5.57. The summed E-state index contributed by atoms with van der Waals surface area (Å²) in [5, 5.41) is 10.2. The van der Waals surface area contributed by atoms with Crippen LogP contribution in [0.25, 0.3) is 0 Å². The number of halogens is 1. The Hall–Kier alpha value is -1.91. The van der Waals surface area contributed by atoms with E-state index in [0.717, 1.165) is 11.3 Å². The average Bonchev–Trinajstić information content (AvgIpc) is 2.55. The summed E-state index contributed by atoms with van der Waals surface area (Å²) in [5.41, 5.74) is 1.02. The SMILES string of the molecule is CC(C)N(Cc1ccc(F)cc1)C[C@@H](O)COc1ccccc1. The molecule has 0 unspecified atom stereocenters.